The first-order chi connectivity index (χ1) is 9.44. The van der Waals surface area contributed by atoms with Gasteiger partial charge in [-0.25, -0.2) is 0 Å². The van der Waals surface area contributed by atoms with Gasteiger partial charge in [0.2, 0.25) is 0 Å². The van der Waals surface area contributed by atoms with Crippen LogP contribution in [0.4, 0.5) is 0 Å². The maximum absolute atomic E-state index is 9.91. The predicted molar refractivity (Wildman–Crippen MR) is 82.3 cm³/mol. The van der Waals surface area contributed by atoms with Gasteiger partial charge < -0.3 is 14.7 Å². The van der Waals surface area contributed by atoms with E-state index in [1.807, 2.05) is 6.92 Å². The van der Waals surface area contributed by atoms with Crippen molar-refractivity contribution in [3.8, 4) is 5.75 Å². The third-order valence-corrected chi connectivity index (χ3v) is 4.02. The summed E-state index contributed by atoms with van der Waals surface area (Å²) in [6, 6.07) is 6.34. The molecule has 3 nitrogen and oxygen atoms in total. The first-order valence-electron chi connectivity index (χ1n) is 7.60. The van der Waals surface area contributed by atoms with Crippen LogP contribution in [0.2, 0.25) is 0 Å². The molecule has 1 aliphatic rings. The second-order valence-corrected chi connectivity index (χ2v) is 6.36. The molecule has 0 amide bonds. The first kappa shape index (κ1) is 15.3. The van der Waals surface area contributed by atoms with Crippen LogP contribution < -0.4 is 4.74 Å². The highest BCUT2D eigenvalue weighted by atomic mass is 16.5. The van der Waals surface area contributed by atoms with Crippen LogP contribution in [-0.2, 0) is 0 Å². The lowest BCUT2D eigenvalue weighted by molar-refractivity contribution is -0.00603. The average Bonchev–Trinajstić information content (AvgIpc) is 2.35. The van der Waals surface area contributed by atoms with Crippen molar-refractivity contribution in [1.29, 1.82) is 0 Å². The second kappa shape index (κ2) is 6.59. The Hall–Kier alpha value is -1.06. The molecule has 0 aromatic heterocycles. The minimum Gasteiger partial charge on any atom is -0.494 e. The van der Waals surface area contributed by atoms with Crippen LogP contribution in [-0.4, -0.2) is 41.8 Å². The van der Waals surface area contributed by atoms with Crippen molar-refractivity contribution >= 4 is 0 Å². The molecule has 1 saturated heterocycles. The van der Waals surface area contributed by atoms with Crippen LogP contribution in [0.1, 0.15) is 37.3 Å². The van der Waals surface area contributed by atoms with Crippen molar-refractivity contribution in [2.75, 3.05) is 26.2 Å². The van der Waals surface area contributed by atoms with Gasteiger partial charge in [0.15, 0.2) is 0 Å². The van der Waals surface area contributed by atoms with E-state index in [0.29, 0.717) is 0 Å². The van der Waals surface area contributed by atoms with Gasteiger partial charge in [0.05, 0.1) is 12.2 Å². The molecule has 0 bridgehead atoms. The zero-order chi connectivity index (χ0) is 14.6. The molecule has 0 spiro atoms. The molecule has 1 N–H and O–H groups in total. The highest BCUT2D eigenvalue weighted by molar-refractivity contribution is 5.32. The minimum absolute atomic E-state index is 0.452. The molecule has 1 fully saturated rings. The maximum atomic E-state index is 9.91. The number of aliphatic hydroxyl groups is 1. The molecule has 20 heavy (non-hydrogen) atoms. The molecular weight excluding hydrogens is 250 g/mol. The van der Waals surface area contributed by atoms with Crippen molar-refractivity contribution < 1.29 is 9.84 Å². The normalized spacial score (nSPS) is 19.0. The standard InChI is InChI=1S/C17H27NO2/c1-14-11-15(2)13-16(12-14)20-10-4-7-18-8-5-17(3,19)6-9-18/h11-13,19H,4-10H2,1-3H3. The van der Waals surface area contributed by atoms with Crippen molar-refractivity contribution in [3.63, 3.8) is 0 Å². The predicted octanol–water partition coefficient (Wildman–Crippen LogP) is 2.92. The maximum Gasteiger partial charge on any atom is 0.119 e. The lowest BCUT2D eigenvalue weighted by Crippen LogP contribution is -2.42. The highest BCUT2D eigenvalue weighted by Crippen LogP contribution is 2.21. The van der Waals surface area contributed by atoms with Crippen molar-refractivity contribution in [3.05, 3.63) is 29.3 Å². The Morgan fingerprint density at radius 2 is 1.75 bits per heavy atom. The number of hydrogen-bond acceptors (Lipinski definition) is 3. The van der Waals surface area contributed by atoms with E-state index in [1.165, 1.54) is 11.1 Å². The SMILES string of the molecule is Cc1cc(C)cc(OCCCN2CCC(C)(O)CC2)c1. The summed E-state index contributed by atoms with van der Waals surface area (Å²) in [5, 5.41) is 9.91. The van der Waals surface area contributed by atoms with E-state index >= 15 is 0 Å². The summed E-state index contributed by atoms with van der Waals surface area (Å²) in [6.45, 7) is 9.94. The summed E-state index contributed by atoms with van der Waals surface area (Å²) in [5.74, 6) is 0.976. The second-order valence-electron chi connectivity index (χ2n) is 6.36. The third kappa shape index (κ3) is 4.80. The molecular formula is C17H27NO2. The molecule has 0 aliphatic carbocycles. The Kier molecular flexibility index (Phi) is 5.06. The van der Waals surface area contributed by atoms with Gasteiger partial charge in [-0.1, -0.05) is 6.07 Å². The van der Waals surface area contributed by atoms with Crippen LogP contribution in [0.5, 0.6) is 5.75 Å². The summed E-state index contributed by atoms with van der Waals surface area (Å²) < 4.78 is 5.82. The fraction of sp³-hybridized carbons (Fsp3) is 0.647. The molecule has 2 rings (SSSR count). The third-order valence-electron chi connectivity index (χ3n) is 4.02. The van der Waals surface area contributed by atoms with Gasteiger partial charge in [-0.2, -0.15) is 0 Å². The zero-order valence-electron chi connectivity index (χ0n) is 13.0. The number of benzene rings is 1. The van der Waals surface area contributed by atoms with Crippen molar-refractivity contribution in [2.24, 2.45) is 0 Å². The van der Waals surface area contributed by atoms with Crippen LogP contribution in [0.25, 0.3) is 0 Å². The zero-order valence-corrected chi connectivity index (χ0v) is 13.0. The van der Waals surface area contributed by atoms with Crippen LogP contribution in [0.3, 0.4) is 0 Å². The molecule has 112 valence electrons. The van der Waals surface area contributed by atoms with E-state index in [2.05, 4.69) is 36.9 Å². The average molecular weight is 277 g/mol. The van der Waals surface area contributed by atoms with Crippen molar-refractivity contribution in [2.45, 2.75) is 45.6 Å². The topological polar surface area (TPSA) is 32.7 Å². The molecule has 0 unspecified atom stereocenters. The molecule has 3 heteroatoms. The number of ether oxygens (including phenoxy) is 1. The quantitative estimate of drug-likeness (QED) is 0.840. The lowest BCUT2D eigenvalue weighted by atomic mass is 9.94. The number of nitrogens with zero attached hydrogens (tertiary/aromatic N) is 1. The van der Waals surface area contributed by atoms with Crippen molar-refractivity contribution in [1.82, 2.24) is 4.90 Å². The van der Waals surface area contributed by atoms with Crippen LogP contribution >= 0.6 is 0 Å². The largest absolute Gasteiger partial charge is 0.494 e. The fourth-order valence-corrected chi connectivity index (χ4v) is 2.75. The molecule has 1 aliphatic heterocycles. The smallest absolute Gasteiger partial charge is 0.119 e. The van der Waals surface area contributed by atoms with Gasteiger partial charge in [0.1, 0.15) is 5.75 Å². The number of aryl methyl sites for hydroxylation is 2. The number of rotatable bonds is 5. The van der Waals surface area contributed by atoms with E-state index < -0.39 is 5.60 Å². The monoisotopic (exact) mass is 277 g/mol. The van der Waals surface area contributed by atoms with Gasteiger partial charge >= 0.3 is 0 Å². The van der Waals surface area contributed by atoms with Crippen LogP contribution in [0, 0.1) is 13.8 Å². The van der Waals surface area contributed by atoms with Gasteiger partial charge in [0, 0.05) is 19.6 Å². The molecule has 1 heterocycles. The van der Waals surface area contributed by atoms with Gasteiger partial charge in [-0.3, -0.25) is 0 Å². The van der Waals surface area contributed by atoms with E-state index in [-0.39, 0.29) is 0 Å². The Morgan fingerprint density at radius 3 is 2.35 bits per heavy atom. The van der Waals surface area contributed by atoms with Gasteiger partial charge in [0.25, 0.3) is 0 Å². The van der Waals surface area contributed by atoms with E-state index in [4.69, 9.17) is 4.74 Å². The minimum atomic E-state index is -0.452. The Bertz CT molecular complexity index is 412. The Balaban J connectivity index is 1.67. The van der Waals surface area contributed by atoms with Gasteiger partial charge in [-0.15, -0.1) is 0 Å². The molecule has 0 radical (unpaired) electrons. The summed E-state index contributed by atoms with van der Waals surface area (Å²) >= 11 is 0. The number of hydrogen-bond donors (Lipinski definition) is 1. The van der Waals surface area contributed by atoms with Gasteiger partial charge in [-0.05, 0) is 63.3 Å². The Labute approximate surface area is 122 Å². The molecule has 1 aromatic rings. The summed E-state index contributed by atoms with van der Waals surface area (Å²) in [4.78, 5) is 2.42. The molecule has 0 atom stereocenters. The van der Waals surface area contributed by atoms with Crippen LogP contribution in [0.15, 0.2) is 18.2 Å². The van der Waals surface area contributed by atoms with E-state index in [1.54, 1.807) is 0 Å². The fourth-order valence-electron chi connectivity index (χ4n) is 2.75. The summed E-state index contributed by atoms with van der Waals surface area (Å²) in [5.41, 5.74) is 2.04. The summed E-state index contributed by atoms with van der Waals surface area (Å²) in [6.07, 6.45) is 2.80. The number of likely N-dealkylation sites (tertiary alicyclic amines) is 1. The van der Waals surface area contributed by atoms with E-state index in [9.17, 15) is 5.11 Å². The Morgan fingerprint density at radius 1 is 1.15 bits per heavy atom. The highest BCUT2D eigenvalue weighted by Gasteiger charge is 2.26. The summed E-state index contributed by atoms with van der Waals surface area (Å²) in [7, 11) is 0. The molecule has 1 aromatic carbocycles. The molecule has 0 saturated carbocycles. The number of piperidine rings is 1. The first-order valence-corrected chi connectivity index (χ1v) is 7.60. The lowest BCUT2D eigenvalue weighted by Gasteiger charge is -2.35. The van der Waals surface area contributed by atoms with E-state index in [0.717, 1.165) is 51.3 Å².